The van der Waals surface area contributed by atoms with Crippen LogP contribution in [0.2, 0.25) is 0 Å². The molecule has 3 N–H and O–H groups in total. The molecule has 1 atom stereocenters. The van der Waals surface area contributed by atoms with Crippen molar-refractivity contribution in [2.75, 3.05) is 20.6 Å². The number of unbranched alkanes of at least 4 members (excludes halogenated alkanes) is 1. The first kappa shape index (κ1) is 20.0. The zero-order valence-electron chi connectivity index (χ0n) is 15.5. The van der Waals surface area contributed by atoms with E-state index in [1.54, 1.807) is 14.1 Å². The van der Waals surface area contributed by atoms with E-state index in [1.807, 2.05) is 24.3 Å². The molecule has 0 bridgehead atoms. The number of hydrogen-bond donors (Lipinski definition) is 3. The quantitative estimate of drug-likeness (QED) is 0.481. The first-order chi connectivity index (χ1) is 11.6. The maximum atomic E-state index is 11.7. The fourth-order valence-corrected chi connectivity index (χ4v) is 2.56. The van der Waals surface area contributed by atoms with Crippen molar-refractivity contribution in [1.82, 2.24) is 16.0 Å². The third-order valence-electron chi connectivity index (χ3n) is 4.20. The summed E-state index contributed by atoms with van der Waals surface area (Å²) in [5, 5.41) is 9.37. The third-order valence-corrected chi connectivity index (χ3v) is 4.20. The van der Waals surface area contributed by atoms with Gasteiger partial charge in [0.2, 0.25) is 0 Å². The molecular formula is C19H32N4O. The molecule has 24 heavy (non-hydrogen) atoms. The third kappa shape index (κ3) is 7.02. The molecule has 1 aromatic rings. The number of carbonyl (C=O) groups excluding carboxylic acids is 1. The summed E-state index contributed by atoms with van der Waals surface area (Å²) in [7, 11) is 3.42. The number of guanidine groups is 1. The molecule has 0 saturated heterocycles. The van der Waals surface area contributed by atoms with Gasteiger partial charge in [-0.2, -0.15) is 0 Å². The van der Waals surface area contributed by atoms with Crippen molar-refractivity contribution in [3.63, 3.8) is 0 Å². The van der Waals surface area contributed by atoms with Gasteiger partial charge in [0, 0.05) is 32.7 Å². The minimum absolute atomic E-state index is 0.0685. The number of aliphatic imine (C=N–C) groups is 1. The Balaban J connectivity index is 2.50. The Kier molecular flexibility index (Phi) is 9.58. The lowest BCUT2D eigenvalue weighted by Gasteiger charge is -2.18. The van der Waals surface area contributed by atoms with Gasteiger partial charge in [0.1, 0.15) is 0 Å². The van der Waals surface area contributed by atoms with E-state index in [-0.39, 0.29) is 5.91 Å². The van der Waals surface area contributed by atoms with Gasteiger partial charge >= 0.3 is 0 Å². The van der Waals surface area contributed by atoms with Gasteiger partial charge < -0.3 is 16.0 Å². The van der Waals surface area contributed by atoms with Crippen LogP contribution in [-0.4, -0.2) is 32.5 Å². The molecule has 0 heterocycles. The van der Waals surface area contributed by atoms with Crippen LogP contribution in [0, 0.1) is 5.92 Å². The van der Waals surface area contributed by atoms with Crippen LogP contribution in [0.25, 0.3) is 0 Å². The fraction of sp³-hybridized carbons (Fsp3) is 0.579. The second kappa shape index (κ2) is 11.5. The Morgan fingerprint density at radius 2 is 2.04 bits per heavy atom. The van der Waals surface area contributed by atoms with Crippen LogP contribution >= 0.6 is 0 Å². The van der Waals surface area contributed by atoms with Crippen molar-refractivity contribution in [1.29, 1.82) is 0 Å². The zero-order chi connectivity index (χ0) is 17.8. The van der Waals surface area contributed by atoms with Crippen LogP contribution in [0.15, 0.2) is 29.3 Å². The monoisotopic (exact) mass is 332 g/mol. The predicted octanol–water partition coefficient (Wildman–Crippen LogP) is 2.93. The molecule has 0 saturated carbocycles. The molecular weight excluding hydrogens is 300 g/mol. The highest BCUT2D eigenvalue weighted by Crippen LogP contribution is 2.11. The van der Waals surface area contributed by atoms with E-state index in [9.17, 15) is 4.79 Å². The number of nitrogens with zero attached hydrogens (tertiary/aromatic N) is 1. The molecule has 5 nitrogen and oxygen atoms in total. The summed E-state index contributed by atoms with van der Waals surface area (Å²) in [6.07, 6.45) is 4.95. The normalized spacial score (nSPS) is 12.6. The number of benzene rings is 1. The Morgan fingerprint density at radius 1 is 1.25 bits per heavy atom. The van der Waals surface area contributed by atoms with Crippen LogP contribution in [0.5, 0.6) is 0 Å². The second-order valence-corrected chi connectivity index (χ2v) is 6.00. The molecule has 0 fully saturated rings. The molecule has 0 aromatic heterocycles. The van der Waals surface area contributed by atoms with E-state index >= 15 is 0 Å². The van der Waals surface area contributed by atoms with E-state index in [1.165, 1.54) is 25.7 Å². The Bertz CT molecular complexity index is 528. The van der Waals surface area contributed by atoms with Crippen LogP contribution in [0.1, 0.15) is 55.5 Å². The first-order valence-electron chi connectivity index (χ1n) is 8.90. The summed E-state index contributed by atoms with van der Waals surface area (Å²) in [5.41, 5.74) is 1.72. The molecule has 0 aliphatic rings. The topological polar surface area (TPSA) is 65.5 Å². The SMILES string of the molecule is CCCCC(CC)CNC(=NC)NCc1cccc(C(=O)NC)c1. The van der Waals surface area contributed by atoms with Gasteiger partial charge in [-0.3, -0.25) is 9.79 Å². The van der Waals surface area contributed by atoms with Crippen molar-refractivity contribution >= 4 is 11.9 Å². The van der Waals surface area contributed by atoms with Crippen molar-refractivity contribution in [3.8, 4) is 0 Å². The summed E-state index contributed by atoms with van der Waals surface area (Å²) in [6, 6.07) is 7.61. The van der Waals surface area contributed by atoms with E-state index in [0.29, 0.717) is 18.0 Å². The summed E-state index contributed by atoms with van der Waals surface area (Å²) in [6.45, 7) is 6.04. The predicted molar refractivity (Wildman–Crippen MR) is 101 cm³/mol. The standard InChI is InChI=1S/C19H32N4O/c1-5-7-9-15(6-2)13-22-19(21-4)23-14-16-10-8-11-17(12-16)18(24)20-3/h8,10-12,15H,5-7,9,13-14H2,1-4H3,(H,20,24)(H2,21,22,23). The van der Waals surface area contributed by atoms with Crippen LogP contribution < -0.4 is 16.0 Å². The van der Waals surface area contributed by atoms with Gasteiger partial charge in [-0.25, -0.2) is 0 Å². The Hall–Kier alpha value is -2.04. The molecule has 1 unspecified atom stereocenters. The zero-order valence-corrected chi connectivity index (χ0v) is 15.5. The minimum Gasteiger partial charge on any atom is -0.356 e. The van der Waals surface area contributed by atoms with E-state index in [0.717, 1.165) is 18.1 Å². The average molecular weight is 332 g/mol. The second-order valence-electron chi connectivity index (χ2n) is 6.00. The number of hydrogen-bond acceptors (Lipinski definition) is 2. The molecule has 5 heteroatoms. The van der Waals surface area contributed by atoms with E-state index in [4.69, 9.17) is 0 Å². The van der Waals surface area contributed by atoms with Crippen molar-refractivity contribution in [3.05, 3.63) is 35.4 Å². The lowest BCUT2D eigenvalue weighted by molar-refractivity contribution is 0.0963. The van der Waals surface area contributed by atoms with Crippen molar-refractivity contribution in [2.45, 2.75) is 46.1 Å². The maximum absolute atomic E-state index is 11.7. The number of rotatable bonds is 9. The average Bonchev–Trinajstić information content (AvgIpc) is 2.63. The number of nitrogens with one attached hydrogen (secondary N) is 3. The molecule has 134 valence electrons. The van der Waals surface area contributed by atoms with Gasteiger partial charge in [-0.15, -0.1) is 0 Å². The lowest BCUT2D eigenvalue weighted by Crippen LogP contribution is -2.39. The summed E-state index contributed by atoms with van der Waals surface area (Å²) in [5.74, 6) is 1.41. The highest BCUT2D eigenvalue weighted by molar-refractivity contribution is 5.94. The van der Waals surface area contributed by atoms with Crippen LogP contribution in [0.3, 0.4) is 0 Å². The maximum Gasteiger partial charge on any atom is 0.251 e. The highest BCUT2D eigenvalue weighted by atomic mass is 16.1. The highest BCUT2D eigenvalue weighted by Gasteiger charge is 2.08. The van der Waals surface area contributed by atoms with E-state index < -0.39 is 0 Å². The first-order valence-corrected chi connectivity index (χ1v) is 8.90. The summed E-state index contributed by atoms with van der Waals surface area (Å²) < 4.78 is 0. The van der Waals surface area contributed by atoms with Crippen molar-refractivity contribution in [2.24, 2.45) is 10.9 Å². The van der Waals surface area contributed by atoms with Crippen LogP contribution in [-0.2, 0) is 6.54 Å². The largest absolute Gasteiger partial charge is 0.356 e. The minimum atomic E-state index is -0.0685. The van der Waals surface area contributed by atoms with Gasteiger partial charge in [-0.05, 0) is 30.0 Å². The number of amides is 1. The molecule has 1 aromatic carbocycles. The van der Waals surface area contributed by atoms with E-state index in [2.05, 4.69) is 34.8 Å². The summed E-state index contributed by atoms with van der Waals surface area (Å²) >= 11 is 0. The molecule has 0 spiro atoms. The van der Waals surface area contributed by atoms with Gasteiger partial charge in [-0.1, -0.05) is 45.2 Å². The molecule has 0 aliphatic carbocycles. The Morgan fingerprint density at radius 3 is 2.67 bits per heavy atom. The molecule has 1 rings (SSSR count). The fourth-order valence-electron chi connectivity index (χ4n) is 2.56. The number of carbonyl (C=O) groups is 1. The van der Waals surface area contributed by atoms with Gasteiger partial charge in [0.15, 0.2) is 5.96 Å². The van der Waals surface area contributed by atoms with Crippen LogP contribution in [0.4, 0.5) is 0 Å². The molecule has 0 aliphatic heterocycles. The Labute approximate surface area is 146 Å². The van der Waals surface area contributed by atoms with Gasteiger partial charge in [0.05, 0.1) is 0 Å². The lowest BCUT2D eigenvalue weighted by atomic mass is 9.99. The summed E-state index contributed by atoms with van der Waals surface area (Å²) in [4.78, 5) is 16.0. The smallest absolute Gasteiger partial charge is 0.251 e. The molecule has 1 amide bonds. The molecule has 0 radical (unpaired) electrons. The van der Waals surface area contributed by atoms with Gasteiger partial charge in [0.25, 0.3) is 5.91 Å². The van der Waals surface area contributed by atoms with Crippen molar-refractivity contribution < 1.29 is 4.79 Å².